The molecule has 0 aliphatic heterocycles. The Kier molecular flexibility index (Phi) is 4.54. The van der Waals surface area contributed by atoms with E-state index >= 15 is 0 Å². The van der Waals surface area contributed by atoms with Crippen LogP contribution in [0.25, 0.3) is 0 Å². The third-order valence-electron chi connectivity index (χ3n) is 2.06. The zero-order valence-corrected chi connectivity index (χ0v) is 9.33. The van der Waals surface area contributed by atoms with Gasteiger partial charge in [0.05, 0.1) is 0 Å². The minimum absolute atomic E-state index is 0. The highest BCUT2D eigenvalue weighted by atomic mass is 35.5. The zero-order chi connectivity index (χ0) is 10.5. The summed E-state index contributed by atoms with van der Waals surface area (Å²) in [5, 5.41) is 2.81. The average Bonchev–Trinajstić information content (AvgIpc) is 2.80. The van der Waals surface area contributed by atoms with Crippen LogP contribution in [0, 0.1) is 0 Å². The van der Waals surface area contributed by atoms with Gasteiger partial charge >= 0.3 is 0 Å². The molecule has 2 N–H and O–H groups in total. The average molecular weight is 238 g/mol. The predicted molar refractivity (Wildman–Crippen MR) is 63.4 cm³/mol. The molecule has 0 saturated carbocycles. The van der Waals surface area contributed by atoms with Crippen molar-refractivity contribution in [3.8, 4) is 0 Å². The Hall–Kier alpha value is -1.81. The molecule has 84 valence electrons. The molecule has 0 aromatic carbocycles. The molecule has 16 heavy (non-hydrogen) atoms. The van der Waals surface area contributed by atoms with Crippen LogP contribution in [0.5, 0.6) is 0 Å². The Morgan fingerprint density at radius 3 is 2.69 bits per heavy atom. The Morgan fingerprint density at radius 2 is 2.06 bits per heavy atom. The van der Waals surface area contributed by atoms with Crippen LogP contribution in [-0.4, -0.2) is 15.9 Å². The SMILES string of the molecule is Cl.O=C(NCc1cc[nH]c1)c1ccncc1. The van der Waals surface area contributed by atoms with Gasteiger partial charge in [0, 0.05) is 36.9 Å². The van der Waals surface area contributed by atoms with E-state index in [4.69, 9.17) is 0 Å². The third-order valence-corrected chi connectivity index (χ3v) is 2.06. The van der Waals surface area contributed by atoms with Gasteiger partial charge in [0.1, 0.15) is 0 Å². The first-order chi connectivity index (χ1) is 7.36. The van der Waals surface area contributed by atoms with E-state index in [0.717, 1.165) is 5.56 Å². The Labute approximate surface area is 99.5 Å². The first-order valence-corrected chi connectivity index (χ1v) is 4.66. The second-order valence-corrected chi connectivity index (χ2v) is 3.14. The van der Waals surface area contributed by atoms with E-state index in [1.54, 1.807) is 24.5 Å². The molecule has 2 rings (SSSR count). The number of amides is 1. The van der Waals surface area contributed by atoms with Crippen LogP contribution in [0.4, 0.5) is 0 Å². The fraction of sp³-hybridized carbons (Fsp3) is 0.0909. The monoisotopic (exact) mass is 237 g/mol. The zero-order valence-electron chi connectivity index (χ0n) is 8.51. The number of carbonyl (C=O) groups excluding carboxylic acids is 1. The number of aromatic amines is 1. The largest absolute Gasteiger partial charge is 0.367 e. The van der Waals surface area contributed by atoms with Crippen LogP contribution >= 0.6 is 12.4 Å². The number of rotatable bonds is 3. The van der Waals surface area contributed by atoms with Gasteiger partial charge in [-0.25, -0.2) is 0 Å². The van der Waals surface area contributed by atoms with Crippen molar-refractivity contribution in [2.45, 2.75) is 6.54 Å². The molecule has 4 nitrogen and oxygen atoms in total. The molecular formula is C11H12ClN3O. The maximum atomic E-state index is 11.6. The first-order valence-electron chi connectivity index (χ1n) is 4.66. The van der Waals surface area contributed by atoms with Crippen molar-refractivity contribution in [3.63, 3.8) is 0 Å². The lowest BCUT2D eigenvalue weighted by Gasteiger charge is -2.02. The lowest BCUT2D eigenvalue weighted by atomic mass is 10.2. The van der Waals surface area contributed by atoms with Gasteiger partial charge in [0.15, 0.2) is 0 Å². The third kappa shape index (κ3) is 3.10. The summed E-state index contributed by atoms with van der Waals surface area (Å²) in [6.45, 7) is 0.532. The fourth-order valence-corrected chi connectivity index (χ4v) is 1.26. The number of carbonyl (C=O) groups is 1. The van der Waals surface area contributed by atoms with Crippen molar-refractivity contribution in [2.24, 2.45) is 0 Å². The molecule has 0 atom stereocenters. The minimum Gasteiger partial charge on any atom is -0.367 e. The minimum atomic E-state index is -0.0846. The molecule has 0 unspecified atom stereocenters. The van der Waals surface area contributed by atoms with Crippen LogP contribution < -0.4 is 5.32 Å². The smallest absolute Gasteiger partial charge is 0.251 e. The summed E-state index contributed by atoms with van der Waals surface area (Å²) < 4.78 is 0. The van der Waals surface area contributed by atoms with Crippen LogP contribution in [0.15, 0.2) is 43.0 Å². The lowest BCUT2D eigenvalue weighted by molar-refractivity contribution is 0.0951. The number of nitrogens with zero attached hydrogens (tertiary/aromatic N) is 1. The second kappa shape index (κ2) is 5.92. The number of nitrogens with one attached hydrogen (secondary N) is 2. The Bertz CT molecular complexity index is 428. The number of pyridine rings is 1. The fourth-order valence-electron chi connectivity index (χ4n) is 1.26. The molecule has 5 heteroatoms. The summed E-state index contributed by atoms with van der Waals surface area (Å²) in [5.74, 6) is -0.0846. The number of hydrogen-bond donors (Lipinski definition) is 2. The molecular weight excluding hydrogens is 226 g/mol. The van der Waals surface area contributed by atoms with Gasteiger partial charge in [-0.15, -0.1) is 12.4 Å². The normalized spacial score (nSPS) is 9.25. The van der Waals surface area contributed by atoms with Crippen molar-refractivity contribution < 1.29 is 4.79 Å². The highest BCUT2D eigenvalue weighted by molar-refractivity contribution is 5.93. The van der Waals surface area contributed by atoms with Crippen LogP contribution in [0.2, 0.25) is 0 Å². The number of aromatic nitrogens is 2. The van der Waals surface area contributed by atoms with Gasteiger partial charge in [0.2, 0.25) is 0 Å². The van der Waals surface area contributed by atoms with Gasteiger partial charge in [0.25, 0.3) is 5.91 Å². The Balaban J connectivity index is 0.00000128. The molecule has 0 aliphatic carbocycles. The van der Waals surface area contributed by atoms with Gasteiger partial charge < -0.3 is 10.3 Å². The molecule has 1 amide bonds. The lowest BCUT2D eigenvalue weighted by Crippen LogP contribution is -2.22. The number of halogens is 1. The molecule has 2 aromatic heterocycles. The standard InChI is InChI=1S/C11H11N3O.ClH/c15-11(10-2-5-12-6-3-10)14-8-9-1-4-13-7-9;/h1-7,13H,8H2,(H,14,15);1H. The van der Waals surface area contributed by atoms with E-state index in [1.807, 2.05) is 18.5 Å². The van der Waals surface area contributed by atoms with Crippen LogP contribution in [0.1, 0.15) is 15.9 Å². The molecule has 0 fully saturated rings. The summed E-state index contributed by atoms with van der Waals surface area (Å²) in [7, 11) is 0. The van der Waals surface area contributed by atoms with Crippen LogP contribution in [0.3, 0.4) is 0 Å². The molecule has 0 spiro atoms. The molecule has 2 aromatic rings. The van der Waals surface area contributed by atoms with Gasteiger partial charge in [-0.1, -0.05) is 0 Å². The molecule has 0 aliphatic rings. The molecule has 0 bridgehead atoms. The van der Waals surface area contributed by atoms with Crippen molar-refractivity contribution in [3.05, 3.63) is 54.1 Å². The summed E-state index contributed by atoms with van der Waals surface area (Å²) in [6.07, 6.45) is 6.89. The summed E-state index contributed by atoms with van der Waals surface area (Å²) in [5.41, 5.74) is 1.68. The number of H-pyrrole nitrogens is 1. The van der Waals surface area contributed by atoms with Gasteiger partial charge in [-0.3, -0.25) is 9.78 Å². The van der Waals surface area contributed by atoms with Crippen molar-refractivity contribution in [2.75, 3.05) is 0 Å². The highest BCUT2D eigenvalue weighted by Gasteiger charge is 2.03. The van der Waals surface area contributed by atoms with E-state index in [9.17, 15) is 4.79 Å². The van der Waals surface area contributed by atoms with Crippen molar-refractivity contribution >= 4 is 18.3 Å². The predicted octanol–water partition coefficient (Wildman–Crippen LogP) is 1.76. The number of hydrogen-bond acceptors (Lipinski definition) is 2. The summed E-state index contributed by atoms with van der Waals surface area (Å²) >= 11 is 0. The summed E-state index contributed by atoms with van der Waals surface area (Å²) in [6, 6.07) is 5.30. The van der Waals surface area contributed by atoms with Crippen molar-refractivity contribution in [1.29, 1.82) is 0 Å². The van der Waals surface area contributed by atoms with Crippen molar-refractivity contribution in [1.82, 2.24) is 15.3 Å². The van der Waals surface area contributed by atoms with Gasteiger partial charge in [-0.2, -0.15) is 0 Å². The highest BCUT2D eigenvalue weighted by Crippen LogP contribution is 1.99. The molecule has 0 saturated heterocycles. The molecule has 0 radical (unpaired) electrons. The van der Waals surface area contributed by atoms with E-state index in [1.165, 1.54) is 0 Å². The van der Waals surface area contributed by atoms with E-state index in [0.29, 0.717) is 12.1 Å². The van der Waals surface area contributed by atoms with Gasteiger partial charge in [-0.05, 0) is 23.8 Å². The quantitative estimate of drug-likeness (QED) is 0.855. The maximum Gasteiger partial charge on any atom is 0.251 e. The van der Waals surface area contributed by atoms with Crippen LogP contribution in [-0.2, 0) is 6.54 Å². The maximum absolute atomic E-state index is 11.6. The Morgan fingerprint density at radius 1 is 1.31 bits per heavy atom. The topological polar surface area (TPSA) is 57.8 Å². The second-order valence-electron chi connectivity index (χ2n) is 3.14. The van der Waals surface area contributed by atoms with E-state index in [-0.39, 0.29) is 18.3 Å². The van der Waals surface area contributed by atoms with E-state index in [2.05, 4.69) is 15.3 Å². The van der Waals surface area contributed by atoms with E-state index < -0.39 is 0 Å². The summed E-state index contributed by atoms with van der Waals surface area (Å²) in [4.78, 5) is 18.4. The molecule has 2 heterocycles. The first kappa shape index (κ1) is 12.3.